The summed E-state index contributed by atoms with van der Waals surface area (Å²) in [6.07, 6.45) is 0. The van der Waals surface area contributed by atoms with Crippen molar-refractivity contribution in [3.63, 3.8) is 0 Å². The number of rotatable bonds is 7. The molecule has 5 nitrogen and oxygen atoms in total. The molecular weight excluding hydrogens is 380 g/mol. The Kier molecular flexibility index (Phi) is 6.89. The van der Waals surface area contributed by atoms with Crippen LogP contribution in [-0.4, -0.2) is 38.5 Å². The van der Waals surface area contributed by atoms with Crippen molar-refractivity contribution in [2.24, 2.45) is 0 Å². The number of anilines is 1. The van der Waals surface area contributed by atoms with Crippen molar-refractivity contribution in [1.82, 2.24) is 4.31 Å². The summed E-state index contributed by atoms with van der Waals surface area (Å²) < 4.78 is 25.1. The Balaban J connectivity index is 1.85. The first-order valence-corrected chi connectivity index (χ1v) is 10.4. The Labute approximate surface area is 157 Å². The molecule has 0 bridgehead atoms. The molecule has 2 aromatic carbocycles. The molecule has 1 amide bonds. The standard InChI is InChI=1S/C17H19ClN2O3S2/c1-20(2)25(22,23)16-9-7-15(8-10-16)19-17(21)12-24-11-13-3-5-14(18)6-4-13/h3-10H,11-12H2,1-2H3,(H,19,21). The minimum absolute atomic E-state index is 0.137. The summed E-state index contributed by atoms with van der Waals surface area (Å²) in [5.74, 6) is 0.882. The molecule has 2 aromatic rings. The fourth-order valence-electron chi connectivity index (χ4n) is 1.96. The normalized spacial score (nSPS) is 11.5. The van der Waals surface area contributed by atoms with Gasteiger partial charge in [0.2, 0.25) is 15.9 Å². The minimum atomic E-state index is -3.46. The van der Waals surface area contributed by atoms with Crippen LogP contribution in [-0.2, 0) is 20.6 Å². The molecule has 0 unspecified atom stereocenters. The van der Waals surface area contributed by atoms with Crippen LogP contribution in [0.5, 0.6) is 0 Å². The highest BCUT2D eigenvalue weighted by atomic mass is 35.5. The quantitative estimate of drug-likeness (QED) is 0.775. The highest BCUT2D eigenvalue weighted by molar-refractivity contribution is 7.99. The van der Waals surface area contributed by atoms with Gasteiger partial charge in [0.15, 0.2) is 0 Å². The Hall–Kier alpha value is -1.54. The summed E-state index contributed by atoms with van der Waals surface area (Å²) in [6, 6.07) is 13.6. The smallest absolute Gasteiger partial charge is 0.242 e. The van der Waals surface area contributed by atoms with Gasteiger partial charge in [-0.25, -0.2) is 12.7 Å². The van der Waals surface area contributed by atoms with Gasteiger partial charge in [0.1, 0.15) is 0 Å². The summed E-state index contributed by atoms with van der Waals surface area (Å²) >= 11 is 7.32. The largest absolute Gasteiger partial charge is 0.325 e. The predicted octanol–water partition coefficient (Wildman–Crippen LogP) is 3.46. The lowest BCUT2D eigenvalue weighted by Crippen LogP contribution is -2.22. The van der Waals surface area contributed by atoms with Gasteiger partial charge in [-0.1, -0.05) is 23.7 Å². The third-order valence-corrected chi connectivity index (χ3v) is 6.42. The Morgan fingerprint density at radius 3 is 2.24 bits per heavy atom. The number of thioether (sulfide) groups is 1. The second-order valence-corrected chi connectivity index (χ2v) is 9.05. The van der Waals surface area contributed by atoms with Crippen molar-refractivity contribution >= 4 is 45.0 Å². The van der Waals surface area contributed by atoms with E-state index in [-0.39, 0.29) is 10.8 Å². The van der Waals surface area contributed by atoms with Crippen LogP contribution in [0, 0.1) is 0 Å². The number of sulfonamides is 1. The van der Waals surface area contributed by atoms with Crippen molar-refractivity contribution in [2.45, 2.75) is 10.6 Å². The number of halogens is 1. The fraction of sp³-hybridized carbons (Fsp3) is 0.235. The predicted molar refractivity (Wildman–Crippen MR) is 104 cm³/mol. The monoisotopic (exact) mass is 398 g/mol. The number of carbonyl (C=O) groups excluding carboxylic acids is 1. The molecule has 0 fully saturated rings. The molecule has 0 radical (unpaired) electrons. The molecule has 0 aromatic heterocycles. The third kappa shape index (κ3) is 5.74. The first-order chi connectivity index (χ1) is 11.8. The van der Waals surface area contributed by atoms with Crippen molar-refractivity contribution in [3.8, 4) is 0 Å². The van der Waals surface area contributed by atoms with Gasteiger partial charge in [-0.3, -0.25) is 4.79 Å². The van der Waals surface area contributed by atoms with Gasteiger partial charge in [-0.2, -0.15) is 0 Å². The van der Waals surface area contributed by atoms with Crippen LogP contribution >= 0.6 is 23.4 Å². The SMILES string of the molecule is CN(C)S(=O)(=O)c1ccc(NC(=O)CSCc2ccc(Cl)cc2)cc1. The average molecular weight is 399 g/mol. The van der Waals surface area contributed by atoms with Crippen LogP contribution in [0.2, 0.25) is 5.02 Å². The van der Waals surface area contributed by atoms with E-state index in [0.29, 0.717) is 22.2 Å². The Bertz CT molecular complexity index is 820. The van der Waals surface area contributed by atoms with Crippen LogP contribution in [0.3, 0.4) is 0 Å². The lowest BCUT2D eigenvalue weighted by Gasteiger charge is -2.12. The second kappa shape index (κ2) is 8.71. The molecule has 0 spiro atoms. The molecule has 0 saturated heterocycles. The Morgan fingerprint density at radius 1 is 1.08 bits per heavy atom. The molecule has 2 rings (SSSR count). The van der Waals surface area contributed by atoms with Crippen molar-refractivity contribution < 1.29 is 13.2 Å². The van der Waals surface area contributed by atoms with E-state index in [1.165, 1.54) is 38.0 Å². The zero-order valence-electron chi connectivity index (χ0n) is 13.9. The summed E-state index contributed by atoms with van der Waals surface area (Å²) in [5, 5.41) is 3.44. The number of benzene rings is 2. The van der Waals surface area contributed by atoms with Crippen molar-refractivity contribution in [2.75, 3.05) is 25.2 Å². The number of hydrogen-bond acceptors (Lipinski definition) is 4. The van der Waals surface area contributed by atoms with Gasteiger partial charge in [-0.15, -0.1) is 11.8 Å². The summed E-state index contributed by atoms with van der Waals surface area (Å²) in [6.45, 7) is 0. The molecule has 8 heteroatoms. The molecule has 0 aliphatic heterocycles. The maximum absolute atomic E-state index is 12.0. The van der Waals surface area contributed by atoms with Crippen LogP contribution in [0.15, 0.2) is 53.4 Å². The number of amides is 1. The number of nitrogens with one attached hydrogen (secondary N) is 1. The van der Waals surface area contributed by atoms with Crippen LogP contribution < -0.4 is 5.32 Å². The third-order valence-electron chi connectivity index (χ3n) is 3.33. The van der Waals surface area contributed by atoms with Gasteiger partial charge < -0.3 is 5.32 Å². The lowest BCUT2D eigenvalue weighted by molar-refractivity contribution is -0.113. The maximum atomic E-state index is 12.0. The van der Waals surface area contributed by atoms with Crippen LogP contribution in [0.1, 0.15) is 5.56 Å². The zero-order valence-corrected chi connectivity index (χ0v) is 16.3. The zero-order chi connectivity index (χ0) is 18.4. The minimum Gasteiger partial charge on any atom is -0.325 e. The van der Waals surface area contributed by atoms with Gasteiger partial charge in [-0.05, 0) is 42.0 Å². The van der Waals surface area contributed by atoms with E-state index in [1.807, 2.05) is 24.3 Å². The molecule has 25 heavy (non-hydrogen) atoms. The average Bonchev–Trinajstić information content (AvgIpc) is 2.57. The second-order valence-electron chi connectivity index (χ2n) is 5.48. The first kappa shape index (κ1) is 19.8. The van der Waals surface area contributed by atoms with E-state index in [0.717, 1.165) is 9.87 Å². The van der Waals surface area contributed by atoms with Gasteiger partial charge >= 0.3 is 0 Å². The van der Waals surface area contributed by atoms with Crippen LogP contribution in [0.25, 0.3) is 0 Å². The van der Waals surface area contributed by atoms with E-state index in [4.69, 9.17) is 11.6 Å². The maximum Gasteiger partial charge on any atom is 0.242 e. The molecule has 1 N–H and O–H groups in total. The fourth-order valence-corrected chi connectivity index (χ4v) is 3.78. The molecule has 0 aliphatic rings. The Morgan fingerprint density at radius 2 is 1.68 bits per heavy atom. The lowest BCUT2D eigenvalue weighted by atomic mass is 10.2. The van der Waals surface area contributed by atoms with E-state index >= 15 is 0 Å². The summed E-state index contributed by atoms with van der Waals surface area (Å²) in [4.78, 5) is 12.2. The number of nitrogens with zero attached hydrogens (tertiary/aromatic N) is 1. The highest BCUT2D eigenvalue weighted by Crippen LogP contribution is 2.18. The number of hydrogen-bond donors (Lipinski definition) is 1. The summed E-state index contributed by atoms with van der Waals surface area (Å²) in [7, 11) is -0.513. The van der Waals surface area contributed by atoms with Crippen LogP contribution in [0.4, 0.5) is 5.69 Å². The van der Waals surface area contributed by atoms with Gasteiger partial charge in [0, 0.05) is 30.6 Å². The molecule has 0 saturated carbocycles. The van der Waals surface area contributed by atoms with E-state index in [9.17, 15) is 13.2 Å². The topological polar surface area (TPSA) is 66.5 Å². The first-order valence-electron chi connectivity index (χ1n) is 7.43. The molecule has 0 atom stereocenters. The van der Waals surface area contributed by atoms with E-state index in [1.54, 1.807) is 12.1 Å². The number of carbonyl (C=O) groups is 1. The molecule has 0 aliphatic carbocycles. The van der Waals surface area contributed by atoms with Gasteiger partial charge in [0.25, 0.3) is 0 Å². The van der Waals surface area contributed by atoms with Crippen molar-refractivity contribution in [1.29, 1.82) is 0 Å². The molecule has 0 heterocycles. The van der Waals surface area contributed by atoms with E-state index in [2.05, 4.69) is 5.32 Å². The highest BCUT2D eigenvalue weighted by Gasteiger charge is 2.16. The van der Waals surface area contributed by atoms with Gasteiger partial charge in [0.05, 0.1) is 10.6 Å². The van der Waals surface area contributed by atoms with E-state index < -0.39 is 10.0 Å². The summed E-state index contributed by atoms with van der Waals surface area (Å²) in [5.41, 5.74) is 1.66. The molecule has 134 valence electrons. The van der Waals surface area contributed by atoms with Crippen molar-refractivity contribution in [3.05, 3.63) is 59.1 Å². The molecular formula is C17H19ClN2O3S2.